The monoisotopic (exact) mass is 288 g/mol. The molecule has 0 spiro atoms. The largest absolute Gasteiger partial charge is 0.496 e. The minimum Gasteiger partial charge on any atom is -0.496 e. The van der Waals surface area contributed by atoms with Crippen LogP contribution in [0.2, 0.25) is 0 Å². The van der Waals surface area contributed by atoms with Gasteiger partial charge in [-0.15, -0.1) is 11.6 Å². The van der Waals surface area contributed by atoms with Crippen LogP contribution in [0.5, 0.6) is 5.75 Å². The molecule has 18 heavy (non-hydrogen) atoms. The Balaban J connectivity index is 2.28. The quantitative estimate of drug-likeness (QED) is 0.803. The number of benzene rings is 1. The lowest BCUT2D eigenvalue weighted by Gasteiger charge is -2.19. The summed E-state index contributed by atoms with van der Waals surface area (Å²) in [5, 5.41) is -0.308. The van der Waals surface area contributed by atoms with E-state index in [0.717, 1.165) is 16.9 Å². The van der Waals surface area contributed by atoms with Crippen molar-refractivity contribution < 1.29 is 13.2 Å². The highest BCUT2D eigenvalue weighted by molar-refractivity contribution is 7.91. The second-order valence-corrected chi connectivity index (χ2v) is 7.51. The maximum Gasteiger partial charge on any atom is 0.150 e. The van der Waals surface area contributed by atoms with Crippen LogP contribution in [0.3, 0.4) is 0 Å². The molecule has 0 aromatic heterocycles. The van der Waals surface area contributed by atoms with Gasteiger partial charge in [0.25, 0.3) is 0 Å². The predicted molar refractivity (Wildman–Crippen MR) is 73.1 cm³/mol. The molecule has 0 radical (unpaired) electrons. The van der Waals surface area contributed by atoms with E-state index in [9.17, 15) is 8.42 Å². The van der Waals surface area contributed by atoms with E-state index in [1.165, 1.54) is 0 Å². The third-order valence-corrected chi connectivity index (χ3v) is 5.75. The van der Waals surface area contributed by atoms with E-state index in [1.807, 2.05) is 25.1 Å². The first-order valence-corrected chi connectivity index (χ1v) is 8.18. The van der Waals surface area contributed by atoms with E-state index in [-0.39, 0.29) is 22.8 Å². The van der Waals surface area contributed by atoms with E-state index in [0.29, 0.717) is 6.42 Å². The molecule has 1 aliphatic rings. The highest BCUT2D eigenvalue weighted by atomic mass is 35.5. The molecule has 1 aromatic rings. The molecule has 5 heteroatoms. The molecule has 0 N–H and O–H groups in total. The SMILES string of the molecule is COc1ccc(C)cc1C(Cl)C1CCS(=O)(=O)C1. The van der Waals surface area contributed by atoms with E-state index in [4.69, 9.17) is 16.3 Å². The molecular weight excluding hydrogens is 272 g/mol. The number of alkyl halides is 1. The Labute approximate surface area is 113 Å². The Morgan fingerprint density at radius 3 is 2.72 bits per heavy atom. The van der Waals surface area contributed by atoms with Gasteiger partial charge in [0.05, 0.1) is 24.0 Å². The molecule has 3 nitrogen and oxygen atoms in total. The molecule has 1 aliphatic heterocycles. The number of rotatable bonds is 3. The predicted octanol–water partition coefficient (Wildman–Crippen LogP) is 2.72. The van der Waals surface area contributed by atoms with Gasteiger partial charge in [-0.1, -0.05) is 17.7 Å². The maximum atomic E-state index is 11.5. The van der Waals surface area contributed by atoms with Crippen LogP contribution in [0, 0.1) is 12.8 Å². The van der Waals surface area contributed by atoms with Crippen LogP contribution in [-0.4, -0.2) is 27.0 Å². The summed E-state index contributed by atoms with van der Waals surface area (Å²) < 4.78 is 28.3. The van der Waals surface area contributed by atoms with Gasteiger partial charge in [0, 0.05) is 5.56 Å². The van der Waals surface area contributed by atoms with Crippen molar-refractivity contribution in [2.45, 2.75) is 18.7 Å². The van der Waals surface area contributed by atoms with E-state index in [2.05, 4.69) is 0 Å². The second-order valence-electron chi connectivity index (χ2n) is 4.81. The van der Waals surface area contributed by atoms with Crippen molar-refractivity contribution in [1.29, 1.82) is 0 Å². The van der Waals surface area contributed by atoms with Crippen molar-refractivity contribution in [3.05, 3.63) is 29.3 Å². The van der Waals surface area contributed by atoms with E-state index < -0.39 is 9.84 Å². The lowest BCUT2D eigenvalue weighted by atomic mass is 9.96. The fraction of sp³-hybridized carbons (Fsp3) is 0.538. The zero-order valence-electron chi connectivity index (χ0n) is 10.5. The van der Waals surface area contributed by atoms with Crippen molar-refractivity contribution in [3.63, 3.8) is 0 Å². The van der Waals surface area contributed by atoms with Gasteiger partial charge < -0.3 is 4.74 Å². The average Bonchev–Trinajstić information content (AvgIpc) is 2.68. The zero-order valence-corrected chi connectivity index (χ0v) is 12.1. The fourth-order valence-electron chi connectivity index (χ4n) is 2.38. The lowest BCUT2D eigenvalue weighted by Crippen LogP contribution is -2.11. The van der Waals surface area contributed by atoms with Crippen molar-refractivity contribution in [2.24, 2.45) is 5.92 Å². The Hall–Kier alpha value is -0.740. The number of sulfone groups is 1. The first-order chi connectivity index (χ1) is 8.43. The molecule has 0 aliphatic carbocycles. The normalized spacial score (nSPS) is 23.8. The number of halogens is 1. The highest BCUT2D eigenvalue weighted by Crippen LogP contribution is 2.40. The van der Waals surface area contributed by atoms with Crippen molar-refractivity contribution in [3.8, 4) is 5.75 Å². The molecule has 100 valence electrons. The standard InChI is InChI=1S/C13H17ClO3S/c1-9-3-4-12(17-2)11(7-9)13(14)10-5-6-18(15,16)8-10/h3-4,7,10,13H,5-6,8H2,1-2H3. The van der Waals surface area contributed by atoms with Crippen molar-refractivity contribution >= 4 is 21.4 Å². The molecular formula is C13H17ClO3S. The van der Waals surface area contributed by atoms with Crippen LogP contribution in [-0.2, 0) is 9.84 Å². The Morgan fingerprint density at radius 2 is 2.17 bits per heavy atom. The molecule has 0 amide bonds. The van der Waals surface area contributed by atoms with Gasteiger partial charge in [-0.2, -0.15) is 0 Å². The fourth-order valence-corrected chi connectivity index (χ4v) is 4.71. The molecule has 2 unspecified atom stereocenters. The Bertz CT molecular complexity index is 539. The summed E-state index contributed by atoms with van der Waals surface area (Å²) in [5.74, 6) is 1.13. The number of methoxy groups -OCH3 is 1. The zero-order chi connectivity index (χ0) is 13.3. The summed E-state index contributed by atoms with van der Waals surface area (Å²) >= 11 is 6.45. The van der Waals surface area contributed by atoms with Gasteiger partial charge in [0.15, 0.2) is 9.84 Å². The maximum absolute atomic E-state index is 11.5. The summed E-state index contributed by atoms with van der Waals surface area (Å²) in [6.07, 6.45) is 0.633. The molecule has 2 rings (SSSR count). The van der Waals surface area contributed by atoms with E-state index in [1.54, 1.807) is 7.11 Å². The molecule has 1 heterocycles. The van der Waals surface area contributed by atoms with Gasteiger partial charge in [-0.05, 0) is 25.3 Å². The Kier molecular flexibility index (Phi) is 3.87. The van der Waals surface area contributed by atoms with Crippen molar-refractivity contribution in [2.75, 3.05) is 18.6 Å². The van der Waals surface area contributed by atoms with Gasteiger partial charge in [-0.25, -0.2) is 8.42 Å². The summed E-state index contributed by atoms with van der Waals surface area (Å²) in [6.45, 7) is 1.98. The van der Waals surface area contributed by atoms with Crippen LogP contribution in [0.25, 0.3) is 0 Å². The van der Waals surface area contributed by atoms with Gasteiger partial charge in [0.2, 0.25) is 0 Å². The van der Waals surface area contributed by atoms with Gasteiger partial charge >= 0.3 is 0 Å². The van der Waals surface area contributed by atoms with Crippen LogP contribution in [0.4, 0.5) is 0 Å². The average molecular weight is 289 g/mol. The third-order valence-electron chi connectivity index (χ3n) is 3.36. The van der Waals surface area contributed by atoms with Crippen molar-refractivity contribution in [1.82, 2.24) is 0 Å². The van der Waals surface area contributed by atoms with Gasteiger partial charge in [0.1, 0.15) is 5.75 Å². The molecule has 0 saturated carbocycles. The number of ether oxygens (including phenoxy) is 1. The minimum absolute atomic E-state index is 0.0210. The first kappa shape index (κ1) is 13.7. The number of hydrogen-bond acceptors (Lipinski definition) is 3. The lowest BCUT2D eigenvalue weighted by molar-refractivity contribution is 0.404. The minimum atomic E-state index is -2.90. The van der Waals surface area contributed by atoms with Crippen LogP contribution in [0.15, 0.2) is 18.2 Å². The molecule has 1 aromatic carbocycles. The van der Waals surface area contributed by atoms with E-state index >= 15 is 0 Å². The smallest absolute Gasteiger partial charge is 0.150 e. The number of hydrogen-bond donors (Lipinski definition) is 0. The van der Waals surface area contributed by atoms with Gasteiger partial charge in [-0.3, -0.25) is 0 Å². The molecule has 0 bridgehead atoms. The number of aryl methyl sites for hydroxylation is 1. The van der Waals surface area contributed by atoms with Crippen LogP contribution < -0.4 is 4.74 Å². The summed E-state index contributed by atoms with van der Waals surface area (Å²) in [4.78, 5) is 0. The Morgan fingerprint density at radius 1 is 1.44 bits per heavy atom. The third kappa shape index (κ3) is 2.81. The topological polar surface area (TPSA) is 43.4 Å². The summed E-state index contributed by atoms with van der Waals surface area (Å²) in [7, 11) is -1.30. The molecule has 1 saturated heterocycles. The second kappa shape index (κ2) is 5.10. The highest BCUT2D eigenvalue weighted by Gasteiger charge is 2.34. The first-order valence-electron chi connectivity index (χ1n) is 5.92. The summed E-state index contributed by atoms with van der Waals surface area (Å²) in [5.41, 5.74) is 1.98. The van der Waals surface area contributed by atoms with Crippen LogP contribution >= 0.6 is 11.6 Å². The molecule has 1 fully saturated rings. The summed E-state index contributed by atoms with van der Waals surface area (Å²) in [6, 6.07) is 5.81. The van der Waals surface area contributed by atoms with Crippen LogP contribution in [0.1, 0.15) is 22.9 Å². The molecule has 2 atom stereocenters.